The molecule has 2 aliphatic carbocycles. The van der Waals surface area contributed by atoms with Crippen LogP contribution in [0, 0.1) is 28.8 Å². The summed E-state index contributed by atoms with van der Waals surface area (Å²) < 4.78 is 72.3. The average Bonchev–Trinajstić information content (AvgIpc) is 3.62. The van der Waals surface area contributed by atoms with E-state index in [0.29, 0.717) is 35.6 Å². The molecule has 2 saturated carbocycles. The maximum Gasteiger partial charge on any atom is 0.267 e. The first-order chi connectivity index (χ1) is 18.0. The first kappa shape index (κ1) is 27.1. The van der Waals surface area contributed by atoms with Gasteiger partial charge < -0.3 is 4.74 Å². The van der Waals surface area contributed by atoms with Gasteiger partial charge in [-0.3, -0.25) is 9.69 Å². The molecule has 0 unspecified atom stereocenters. The quantitative estimate of drug-likeness (QED) is 0.482. The smallest absolute Gasteiger partial charge is 0.267 e. The van der Waals surface area contributed by atoms with Crippen LogP contribution in [0.15, 0.2) is 30.3 Å². The fraction of sp³-hybridized carbons (Fsp3) is 0.536. The molecule has 0 aromatic heterocycles. The molecule has 6 nitrogen and oxygen atoms in total. The van der Waals surface area contributed by atoms with Crippen molar-refractivity contribution in [2.45, 2.75) is 57.6 Å². The van der Waals surface area contributed by atoms with Crippen molar-refractivity contribution in [3.63, 3.8) is 0 Å². The molecule has 2 aromatic carbocycles. The van der Waals surface area contributed by atoms with E-state index in [4.69, 9.17) is 4.74 Å². The fourth-order valence-electron chi connectivity index (χ4n) is 6.10. The maximum atomic E-state index is 14.7. The summed E-state index contributed by atoms with van der Waals surface area (Å²) in [6, 6.07) is 6.44. The molecule has 1 spiro atoms. The van der Waals surface area contributed by atoms with Crippen LogP contribution in [0.2, 0.25) is 0 Å². The van der Waals surface area contributed by atoms with Gasteiger partial charge in [-0.25, -0.2) is 26.3 Å². The molecule has 0 atom stereocenters. The van der Waals surface area contributed by atoms with Gasteiger partial charge in [0, 0.05) is 19.2 Å². The minimum absolute atomic E-state index is 0.236. The van der Waals surface area contributed by atoms with Crippen LogP contribution in [-0.2, 0) is 27.9 Å². The van der Waals surface area contributed by atoms with E-state index in [1.165, 1.54) is 24.3 Å². The molecule has 1 aliphatic heterocycles. The molecule has 0 radical (unpaired) electrons. The zero-order valence-electron chi connectivity index (χ0n) is 21.4. The van der Waals surface area contributed by atoms with Crippen molar-refractivity contribution < 1.29 is 31.1 Å². The normalized spacial score (nSPS) is 19.9. The fourth-order valence-corrected chi connectivity index (χ4v) is 6.55. The number of likely N-dealkylation sites (tertiary alicyclic amines) is 1. The molecule has 3 aliphatic rings. The van der Waals surface area contributed by atoms with Gasteiger partial charge in [0.25, 0.3) is 5.91 Å². The van der Waals surface area contributed by atoms with E-state index >= 15 is 0 Å². The van der Waals surface area contributed by atoms with E-state index in [1.807, 2.05) is 4.72 Å². The summed E-state index contributed by atoms with van der Waals surface area (Å²) >= 11 is 0. The SMILES string of the molecule is CS(=O)(=O)NC(=O)c1cc(C2CC2)c(COCC2CC3(CCN(Cc4cc(F)cc(F)c4)CC3)C2)cc1F. The highest BCUT2D eigenvalue weighted by molar-refractivity contribution is 7.89. The number of carbonyl (C=O) groups is 1. The molecule has 2 aromatic rings. The van der Waals surface area contributed by atoms with Crippen molar-refractivity contribution in [3.05, 3.63) is 70.0 Å². The van der Waals surface area contributed by atoms with Crippen LogP contribution in [-0.4, -0.2) is 45.2 Å². The van der Waals surface area contributed by atoms with Crippen LogP contribution >= 0.6 is 0 Å². The van der Waals surface area contributed by atoms with Gasteiger partial charge in [-0.05, 0) is 110 Å². The Balaban J connectivity index is 1.10. The van der Waals surface area contributed by atoms with Gasteiger partial charge in [0.15, 0.2) is 0 Å². The van der Waals surface area contributed by atoms with Crippen molar-refractivity contribution in [3.8, 4) is 0 Å². The summed E-state index contributed by atoms with van der Waals surface area (Å²) in [6.45, 7) is 3.17. The van der Waals surface area contributed by atoms with Gasteiger partial charge in [-0.2, -0.15) is 0 Å². The molecule has 10 heteroatoms. The highest BCUT2D eigenvalue weighted by atomic mass is 32.2. The first-order valence-electron chi connectivity index (χ1n) is 13.1. The third kappa shape index (κ3) is 6.58. The van der Waals surface area contributed by atoms with Gasteiger partial charge >= 0.3 is 0 Å². The number of ether oxygens (including phenoxy) is 1. The van der Waals surface area contributed by atoms with Gasteiger partial charge in [0.2, 0.25) is 10.0 Å². The Morgan fingerprint density at radius 3 is 2.32 bits per heavy atom. The third-order valence-corrected chi connectivity index (χ3v) is 8.62. The molecule has 5 rings (SSSR count). The summed E-state index contributed by atoms with van der Waals surface area (Å²) in [5.74, 6) is -2.14. The summed E-state index contributed by atoms with van der Waals surface area (Å²) in [4.78, 5) is 14.5. The average molecular weight is 551 g/mol. The lowest BCUT2D eigenvalue weighted by Crippen LogP contribution is -2.47. The predicted octanol–water partition coefficient (Wildman–Crippen LogP) is 4.88. The third-order valence-electron chi connectivity index (χ3n) is 8.07. The number of hydrogen-bond acceptors (Lipinski definition) is 5. The number of piperidine rings is 1. The van der Waals surface area contributed by atoms with Crippen molar-refractivity contribution in [1.29, 1.82) is 0 Å². The summed E-state index contributed by atoms with van der Waals surface area (Å²) in [5.41, 5.74) is 2.25. The molecule has 1 amide bonds. The predicted molar refractivity (Wildman–Crippen MR) is 136 cm³/mol. The highest BCUT2D eigenvalue weighted by Crippen LogP contribution is 2.52. The Bertz CT molecular complexity index is 1290. The van der Waals surface area contributed by atoms with E-state index < -0.39 is 33.4 Å². The number of amides is 1. The minimum atomic E-state index is -3.79. The van der Waals surface area contributed by atoms with Crippen molar-refractivity contribution >= 4 is 15.9 Å². The van der Waals surface area contributed by atoms with Crippen molar-refractivity contribution in [2.24, 2.45) is 11.3 Å². The van der Waals surface area contributed by atoms with E-state index in [2.05, 4.69) is 4.90 Å². The number of carbonyl (C=O) groups excluding carboxylic acids is 1. The molecule has 1 saturated heterocycles. The number of hydrogen-bond donors (Lipinski definition) is 1. The Morgan fingerprint density at radius 1 is 1.05 bits per heavy atom. The number of nitrogens with one attached hydrogen (secondary N) is 1. The number of sulfonamides is 1. The lowest BCUT2D eigenvalue weighted by molar-refractivity contribution is -0.0540. The number of halogens is 3. The zero-order valence-corrected chi connectivity index (χ0v) is 22.3. The number of benzene rings is 2. The Hall–Kier alpha value is -2.43. The number of nitrogens with zero attached hydrogens (tertiary/aromatic N) is 1. The van der Waals surface area contributed by atoms with Crippen LogP contribution < -0.4 is 4.72 Å². The standard InChI is InChI=1S/C28H33F3N2O4S/c1-38(35,36)32-27(34)25-12-24(20-2-3-20)21(10-26(25)31)17-37-16-19-13-28(14-19)4-6-33(7-5-28)15-18-8-22(29)11-23(30)9-18/h8-12,19-20H,2-7,13-17H2,1H3,(H,32,34). The molecule has 206 valence electrons. The second kappa shape index (κ2) is 10.6. The van der Waals surface area contributed by atoms with Crippen LogP contribution in [0.3, 0.4) is 0 Å². The van der Waals surface area contributed by atoms with Crippen LogP contribution in [0.4, 0.5) is 13.2 Å². The molecule has 1 N–H and O–H groups in total. The molecule has 38 heavy (non-hydrogen) atoms. The monoisotopic (exact) mass is 550 g/mol. The van der Waals surface area contributed by atoms with Crippen LogP contribution in [0.5, 0.6) is 0 Å². The second-order valence-corrected chi connectivity index (χ2v) is 13.1. The van der Waals surface area contributed by atoms with E-state index in [0.717, 1.165) is 69.5 Å². The Labute approximate surface area is 221 Å². The van der Waals surface area contributed by atoms with Crippen molar-refractivity contribution in [2.75, 3.05) is 26.0 Å². The summed E-state index contributed by atoms with van der Waals surface area (Å²) in [7, 11) is -3.79. The molecular weight excluding hydrogens is 517 g/mol. The maximum absolute atomic E-state index is 14.7. The van der Waals surface area contributed by atoms with E-state index in [-0.39, 0.29) is 18.1 Å². The van der Waals surface area contributed by atoms with Crippen molar-refractivity contribution in [1.82, 2.24) is 9.62 Å². The molecule has 0 bridgehead atoms. The topological polar surface area (TPSA) is 75.7 Å². The highest BCUT2D eigenvalue weighted by Gasteiger charge is 2.45. The second-order valence-electron chi connectivity index (χ2n) is 11.4. The van der Waals surface area contributed by atoms with Gasteiger partial charge in [0.1, 0.15) is 17.5 Å². The first-order valence-corrected chi connectivity index (χ1v) is 15.0. The number of rotatable bonds is 9. The Kier molecular flexibility index (Phi) is 7.59. The minimum Gasteiger partial charge on any atom is -0.376 e. The van der Waals surface area contributed by atoms with Crippen LogP contribution in [0.1, 0.15) is 71.5 Å². The summed E-state index contributed by atoms with van der Waals surface area (Å²) in [6.07, 6.45) is 7.00. The lowest BCUT2D eigenvalue weighted by atomic mass is 9.58. The van der Waals surface area contributed by atoms with E-state index in [9.17, 15) is 26.4 Å². The van der Waals surface area contributed by atoms with E-state index in [1.54, 1.807) is 0 Å². The molecular formula is C28H33F3N2O4S. The van der Waals surface area contributed by atoms with Gasteiger partial charge in [-0.1, -0.05) is 0 Å². The zero-order chi connectivity index (χ0) is 27.1. The molecule has 3 fully saturated rings. The molecule has 1 heterocycles. The largest absolute Gasteiger partial charge is 0.376 e. The lowest BCUT2D eigenvalue weighted by Gasteiger charge is -2.52. The summed E-state index contributed by atoms with van der Waals surface area (Å²) in [5, 5.41) is 0. The van der Waals surface area contributed by atoms with Crippen LogP contribution in [0.25, 0.3) is 0 Å². The van der Waals surface area contributed by atoms with Gasteiger partial charge in [-0.15, -0.1) is 0 Å². The van der Waals surface area contributed by atoms with Gasteiger partial charge in [0.05, 0.1) is 18.4 Å². The Morgan fingerprint density at radius 2 is 1.71 bits per heavy atom.